The van der Waals surface area contributed by atoms with E-state index in [1.807, 2.05) is 0 Å². The topological polar surface area (TPSA) is 42.7 Å². The first-order valence-corrected chi connectivity index (χ1v) is 8.85. The lowest BCUT2D eigenvalue weighted by molar-refractivity contribution is 0.151. The third-order valence-electron chi connectivity index (χ3n) is 5.65. The third kappa shape index (κ3) is 3.01. The molecule has 2 aliphatic rings. The summed E-state index contributed by atoms with van der Waals surface area (Å²) in [6.45, 7) is 7.77. The van der Waals surface area contributed by atoms with Crippen molar-refractivity contribution in [1.82, 2.24) is 20.1 Å². The Morgan fingerprint density at radius 3 is 2.90 bits per heavy atom. The first-order valence-electron chi connectivity index (χ1n) is 8.85. The Hall–Kier alpha value is -0.900. The highest BCUT2D eigenvalue weighted by atomic mass is 15.3. The zero-order chi connectivity index (χ0) is 14.7. The second kappa shape index (κ2) is 6.47. The van der Waals surface area contributed by atoms with Gasteiger partial charge in [0.1, 0.15) is 12.2 Å². The standard InChI is InChI=1S/C17H30N4/c1-3-7-18-12-17(10-14-5-6-15(17)9-14)11-16-19-13-20-21(16)8-4-2/h13-15,18H,3-12H2,1-2H3. The Kier molecular flexibility index (Phi) is 4.63. The molecule has 3 unspecified atom stereocenters. The zero-order valence-electron chi connectivity index (χ0n) is 13.6. The molecule has 21 heavy (non-hydrogen) atoms. The van der Waals surface area contributed by atoms with Crippen molar-refractivity contribution >= 4 is 0 Å². The third-order valence-corrected chi connectivity index (χ3v) is 5.65. The number of fused-ring (bicyclic) bond motifs is 2. The van der Waals surface area contributed by atoms with Gasteiger partial charge >= 0.3 is 0 Å². The van der Waals surface area contributed by atoms with Gasteiger partial charge in [-0.15, -0.1) is 0 Å². The van der Waals surface area contributed by atoms with E-state index in [9.17, 15) is 0 Å². The number of aromatic nitrogens is 3. The van der Waals surface area contributed by atoms with Gasteiger partial charge in [0, 0.05) is 19.5 Å². The van der Waals surface area contributed by atoms with E-state index in [-0.39, 0.29) is 0 Å². The lowest BCUT2D eigenvalue weighted by Crippen LogP contribution is -2.41. The van der Waals surface area contributed by atoms with E-state index >= 15 is 0 Å². The predicted octanol–water partition coefficient (Wildman–Crippen LogP) is 3.04. The maximum atomic E-state index is 4.58. The monoisotopic (exact) mass is 290 g/mol. The average Bonchev–Trinajstić information content (AvgIpc) is 3.17. The number of hydrogen-bond donors (Lipinski definition) is 1. The molecule has 0 saturated heterocycles. The molecule has 4 heteroatoms. The lowest BCUT2D eigenvalue weighted by atomic mass is 9.70. The van der Waals surface area contributed by atoms with Crippen molar-refractivity contribution in [2.24, 2.45) is 17.3 Å². The lowest BCUT2D eigenvalue weighted by Gasteiger charge is -2.38. The SMILES string of the molecule is CCCNCC1(Cc2ncnn2CCC)CC2CCC1C2. The van der Waals surface area contributed by atoms with Crippen molar-refractivity contribution in [2.75, 3.05) is 13.1 Å². The molecule has 3 atom stereocenters. The summed E-state index contributed by atoms with van der Waals surface area (Å²) < 4.78 is 2.13. The van der Waals surface area contributed by atoms with Crippen LogP contribution in [0.1, 0.15) is 58.2 Å². The number of nitrogens with zero attached hydrogens (tertiary/aromatic N) is 3. The molecular weight excluding hydrogens is 260 g/mol. The van der Waals surface area contributed by atoms with Gasteiger partial charge in [0.2, 0.25) is 0 Å². The first-order chi connectivity index (χ1) is 10.3. The fourth-order valence-corrected chi connectivity index (χ4v) is 4.71. The van der Waals surface area contributed by atoms with Gasteiger partial charge in [-0.05, 0) is 55.9 Å². The minimum absolute atomic E-state index is 0.441. The second-order valence-corrected chi connectivity index (χ2v) is 7.20. The van der Waals surface area contributed by atoms with E-state index in [1.54, 1.807) is 6.33 Å². The summed E-state index contributed by atoms with van der Waals surface area (Å²) in [4.78, 5) is 4.58. The van der Waals surface area contributed by atoms with Crippen LogP contribution in [0.3, 0.4) is 0 Å². The molecule has 3 rings (SSSR count). The minimum atomic E-state index is 0.441. The molecule has 2 saturated carbocycles. The summed E-state index contributed by atoms with van der Waals surface area (Å²) in [7, 11) is 0. The van der Waals surface area contributed by atoms with E-state index in [0.29, 0.717) is 5.41 Å². The van der Waals surface area contributed by atoms with Crippen molar-refractivity contribution in [3.63, 3.8) is 0 Å². The molecule has 0 spiro atoms. The maximum absolute atomic E-state index is 4.58. The number of rotatable bonds is 8. The Balaban J connectivity index is 1.74. The molecule has 2 bridgehead atoms. The second-order valence-electron chi connectivity index (χ2n) is 7.20. The summed E-state index contributed by atoms with van der Waals surface area (Å²) in [5.74, 6) is 3.09. The van der Waals surface area contributed by atoms with Crippen LogP contribution in [0, 0.1) is 17.3 Å². The van der Waals surface area contributed by atoms with E-state index in [2.05, 4.69) is 33.9 Å². The number of aryl methyl sites for hydroxylation is 1. The van der Waals surface area contributed by atoms with Crippen LogP contribution in [0.2, 0.25) is 0 Å². The fourth-order valence-electron chi connectivity index (χ4n) is 4.71. The summed E-state index contributed by atoms with van der Waals surface area (Å²) in [5.41, 5.74) is 0.441. The van der Waals surface area contributed by atoms with Crippen molar-refractivity contribution in [3.8, 4) is 0 Å². The molecule has 1 aromatic rings. The summed E-state index contributed by atoms with van der Waals surface area (Å²) >= 11 is 0. The molecule has 0 radical (unpaired) electrons. The van der Waals surface area contributed by atoms with Crippen molar-refractivity contribution in [2.45, 2.75) is 65.3 Å². The molecule has 4 nitrogen and oxygen atoms in total. The van der Waals surface area contributed by atoms with E-state index < -0.39 is 0 Å². The Morgan fingerprint density at radius 2 is 2.24 bits per heavy atom. The van der Waals surface area contributed by atoms with Crippen LogP contribution in [0.15, 0.2) is 6.33 Å². The van der Waals surface area contributed by atoms with Gasteiger partial charge in [-0.25, -0.2) is 4.98 Å². The minimum Gasteiger partial charge on any atom is -0.316 e. The van der Waals surface area contributed by atoms with Crippen LogP contribution in [0.5, 0.6) is 0 Å². The van der Waals surface area contributed by atoms with Gasteiger partial charge in [-0.1, -0.05) is 20.3 Å². The highest BCUT2D eigenvalue weighted by molar-refractivity contribution is 5.06. The maximum Gasteiger partial charge on any atom is 0.138 e. The molecule has 0 aliphatic heterocycles. The first kappa shape index (κ1) is 15.0. The predicted molar refractivity (Wildman–Crippen MR) is 85.1 cm³/mol. The largest absolute Gasteiger partial charge is 0.316 e. The highest BCUT2D eigenvalue weighted by Gasteiger charge is 2.50. The molecule has 0 aromatic carbocycles. The van der Waals surface area contributed by atoms with E-state index in [1.165, 1.54) is 44.5 Å². The number of nitrogens with one attached hydrogen (secondary N) is 1. The van der Waals surface area contributed by atoms with Gasteiger partial charge in [-0.3, -0.25) is 4.68 Å². The molecule has 0 amide bonds. The van der Waals surface area contributed by atoms with Crippen molar-refractivity contribution in [3.05, 3.63) is 12.2 Å². The quantitative estimate of drug-likeness (QED) is 0.748. The van der Waals surface area contributed by atoms with Gasteiger partial charge in [0.25, 0.3) is 0 Å². The van der Waals surface area contributed by atoms with E-state index in [4.69, 9.17) is 0 Å². The highest BCUT2D eigenvalue weighted by Crippen LogP contribution is 2.56. The van der Waals surface area contributed by atoms with Crippen molar-refractivity contribution in [1.29, 1.82) is 0 Å². The van der Waals surface area contributed by atoms with Gasteiger partial charge in [-0.2, -0.15) is 5.10 Å². The van der Waals surface area contributed by atoms with Crippen LogP contribution < -0.4 is 5.32 Å². The Bertz CT molecular complexity index is 455. The molecule has 1 aromatic heterocycles. The summed E-state index contributed by atoms with van der Waals surface area (Å²) in [5, 5.41) is 8.13. The Labute approximate surface area is 128 Å². The van der Waals surface area contributed by atoms with Crippen LogP contribution in [0.4, 0.5) is 0 Å². The summed E-state index contributed by atoms with van der Waals surface area (Å²) in [6, 6.07) is 0. The average molecular weight is 290 g/mol. The molecular formula is C17H30N4. The van der Waals surface area contributed by atoms with Gasteiger partial charge in [0.15, 0.2) is 0 Å². The molecule has 118 valence electrons. The summed E-state index contributed by atoms with van der Waals surface area (Å²) in [6.07, 6.45) is 10.9. The molecule has 1 N–H and O–H groups in total. The van der Waals surface area contributed by atoms with Crippen LogP contribution in [0.25, 0.3) is 0 Å². The zero-order valence-corrected chi connectivity index (χ0v) is 13.6. The van der Waals surface area contributed by atoms with Gasteiger partial charge < -0.3 is 5.32 Å². The molecule has 2 fully saturated rings. The molecule has 2 aliphatic carbocycles. The van der Waals surface area contributed by atoms with Crippen molar-refractivity contribution < 1.29 is 0 Å². The Morgan fingerprint density at radius 1 is 1.33 bits per heavy atom. The van der Waals surface area contributed by atoms with Crippen LogP contribution in [-0.2, 0) is 13.0 Å². The van der Waals surface area contributed by atoms with Gasteiger partial charge in [0.05, 0.1) is 0 Å². The van der Waals surface area contributed by atoms with E-state index in [0.717, 1.165) is 37.8 Å². The fraction of sp³-hybridized carbons (Fsp3) is 0.882. The molecule has 1 heterocycles. The van der Waals surface area contributed by atoms with Crippen LogP contribution >= 0.6 is 0 Å². The smallest absolute Gasteiger partial charge is 0.138 e. The van der Waals surface area contributed by atoms with Crippen LogP contribution in [-0.4, -0.2) is 27.9 Å². The normalized spacial score (nSPS) is 31.1. The number of hydrogen-bond acceptors (Lipinski definition) is 3.